The van der Waals surface area contributed by atoms with Gasteiger partial charge < -0.3 is 5.73 Å². The van der Waals surface area contributed by atoms with Crippen molar-refractivity contribution in [1.82, 2.24) is 10.2 Å². The highest BCUT2D eigenvalue weighted by Gasteiger charge is 2.23. The van der Waals surface area contributed by atoms with Crippen LogP contribution < -0.4 is 5.73 Å². The SMILES string of the molecule is NC(=O)c1ccccc1S(=O)(=O)c1ccn[nH]1. The molecule has 0 fully saturated rings. The third-order valence-corrected chi connectivity index (χ3v) is 3.95. The molecule has 0 unspecified atom stereocenters. The predicted molar refractivity (Wildman–Crippen MR) is 59.0 cm³/mol. The molecular weight excluding hydrogens is 242 g/mol. The molecule has 1 heterocycles. The molecule has 88 valence electrons. The molecule has 0 radical (unpaired) electrons. The lowest BCUT2D eigenvalue weighted by Crippen LogP contribution is -2.16. The Labute approximate surface area is 97.4 Å². The van der Waals surface area contributed by atoms with Gasteiger partial charge in [-0.25, -0.2) is 8.42 Å². The number of hydrogen-bond donors (Lipinski definition) is 2. The summed E-state index contributed by atoms with van der Waals surface area (Å²) < 4.78 is 24.3. The Kier molecular flexibility index (Phi) is 2.68. The van der Waals surface area contributed by atoms with Crippen LogP contribution in [0.25, 0.3) is 0 Å². The van der Waals surface area contributed by atoms with E-state index in [1.54, 1.807) is 6.07 Å². The zero-order valence-electron chi connectivity index (χ0n) is 8.62. The summed E-state index contributed by atoms with van der Waals surface area (Å²) in [5.74, 6) is -0.788. The van der Waals surface area contributed by atoms with Crippen LogP contribution in [0, 0.1) is 0 Å². The monoisotopic (exact) mass is 251 g/mol. The fourth-order valence-corrected chi connectivity index (χ4v) is 2.78. The van der Waals surface area contributed by atoms with Gasteiger partial charge in [0.25, 0.3) is 0 Å². The van der Waals surface area contributed by atoms with Gasteiger partial charge in [-0.15, -0.1) is 0 Å². The van der Waals surface area contributed by atoms with Gasteiger partial charge in [-0.1, -0.05) is 12.1 Å². The van der Waals surface area contributed by atoms with Gasteiger partial charge in [0.15, 0.2) is 5.03 Å². The van der Waals surface area contributed by atoms with E-state index in [-0.39, 0.29) is 15.5 Å². The number of benzene rings is 1. The number of H-pyrrole nitrogens is 1. The molecule has 1 aromatic heterocycles. The fourth-order valence-electron chi connectivity index (χ4n) is 1.42. The summed E-state index contributed by atoms with van der Waals surface area (Å²) in [6.07, 6.45) is 1.32. The van der Waals surface area contributed by atoms with Gasteiger partial charge in [0.05, 0.1) is 16.7 Å². The number of nitrogens with one attached hydrogen (secondary N) is 1. The number of nitrogens with two attached hydrogens (primary N) is 1. The number of carbonyl (C=O) groups excluding carboxylic acids is 1. The average molecular weight is 251 g/mol. The third-order valence-electron chi connectivity index (χ3n) is 2.21. The largest absolute Gasteiger partial charge is 0.366 e. The zero-order chi connectivity index (χ0) is 12.5. The van der Waals surface area contributed by atoms with Crippen LogP contribution in [-0.4, -0.2) is 24.5 Å². The van der Waals surface area contributed by atoms with Crippen molar-refractivity contribution in [2.75, 3.05) is 0 Å². The normalized spacial score (nSPS) is 11.3. The van der Waals surface area contributed by atoms with Crippen LogP contribution in [0.4, 0.5) is 0 Å². The zero-order valence-corrected chi connectivity index (χ0v) is 9.44. The van der Waals surface area contributed by atoms with Crippen molar-refractivity contribution in [1.29, 1.82) is 0 Å². The molecule has 0 saturated heterocycles. The second-order valence-corrected chi connectivity index (χ2v) is 5.17. The number of aromatic nitrogens is 2. The van der Waals surface area contributed by atoms with Gasteiger partial charge in [0, 0.05) is 0 Å². The molecule has 3 N–H and O–H groups in total. The first-order valence-corrected chi connectivity index (χ1v) is 6.15. The van der Waals surface area contributed by atoms with Crippen LogP contribution in [0.2, 0.25) is 0 Å². The summed E-state index contributed by atoms with van der Waals surface area (Å²) in [5.41, 5.74) is 5.10. The summed E-state index contributed by atoms with van der Waals surface area (Å²) in [7, 11) is -3.79. The minimum absolute atomic E-state index is 0.0397. The maximum absolute atomic E-state index is 12.1. The number of nitrogens with zero attached hydrogens (tertiary/aromatic N) is 1. The number of primary amides is 1. The molecule has 0 aliphatic rings. The summed E-state index contributed by atoms with van der Waals surface area (Å²) in [5, 5.41) is 5.84. The Morgan fingerprint density at radius 1 is 1.24 bits per heavy atom. The van der Waals surface area contributed by atoms with Gasteiger partial charge in [-0.05, 0) is 18.2 Å². The third kappa shape index (κ3) is 1.92. The van der Waals surface area contributed by atoms with Gasteiger partial charge in [0.1, 0.15) is 0 Å². The van der Waals surface area contributed by atoms with E-state index in [1.807, 2.05) is 0 Å². The van der Waals surface area contributed by atoms with Gasteiger partial charge in [-0.3, -0.25) is 9.89 Å². The molecule has 0 aliphatic heterocycles. The number of amides is 1. The Hall–Kier alpha value is -2.15. The van der Waals surface area contributed by atoms with E-state index < -0.39 is 15.7 Å². The van der Waals surface area contributed by atoms with Crippen LogP contribution in [0.1, 0.15) is 10.4 Å². The van der Waals surface area contributed by atoms with E-state index in [0.717, 1.165) is 0 Å². The van der Waals surface area contributed by atoms with Crippen molar-refractivity contribution in [3.8, 4) is 0 Å². The molecule has 0 atom stereocenters. The van der Waals surface area contributed by atoms with Crippen molar-refractivity contribution in [2.24, 2.45) is 5.73 Å². The molecule has 0 bridgehead atoms. The van der Waals surface area contributed by atoms with Crippen molar-refractivity contribution >= 4 is 15.7 Å². The number of sulfone groups is 1. The molecule has 17 heavy (non-hydrogen) atoms. The van der Waals surface area contributed by atoms with Crippen LogP contribution in [0.3, 0.4) is 0 Å². The van der Waals surface area contributed by atoms with Crippen LogP contribution in [0.5, 0.6) is 0 Å². The lowest BCUT2D eigenvalue weighted by atomic mass is 10.2. The van der Waals surface area contributed by atoms with E-state index in [2.05, 4.69) is 10.2 Å². The van der Waals surface area contributed by atoms with Crippen molar-refractivity contribution in [2.45, 2.75) is 9.92 Å². The fraction of sp³-hybridized carbons (Fsp3) is 0. The topological polar surface area (TPSA) is 106 Å². The van der Waals surface area contributed by atoms with Crippen molar-refractivity contribution in [3.63, 3.8) is 0 Å². The molecule has 6 nitrogen and oxygen atoms in total. The van der Waals surface area contributed by atoms with Crippen molar-refractivity contribution in [3.05, 3.63) is 42.1 Å². The minimum Gasteiger partial charge on any atom is -0.366 e. The Morgan fingerprint density at radius 2 is 1.94 bits per heavy atom. The minimum atomic E-state index is -3.79. The van der Waals surface area contributed by atoms with E-state index in [9.17, 15) is 13.2 Å². The Morgan fingerprint density at radius 3 is 2.53 bits per heavy atom. The number of carbonyl (C=O) groups is 1. The lowest BCUT2D eigenvalue weighted by molar-refractivity contribution is 0.0997. The summed E-state index contributed by atoms with van der Waals surface area (Å²) in [6, 6.07) is 7.08. The number of rotatable bonds is 3. The number of hydrogen-bond acceptors (Lipinski definition) is 4. The van der Waals surface area contributed by atoms with E-state index in [0.29, 0.717) is 0 Å². The standard InChI is InChI=1S/C10H9N3O3S/c11-10(14)7-3-1-2-4-8(7)17(15,16)9-5-6-12-13-9/h1-6H,(H2,11,14)(H,12,13). The average Bonchev–Trinajstić information content (AvgIpc) is 2.83. The molecular formula is C10H9N3O3S. The Bertz CT molecular complexity index is 647. The summed E-state index contributed by atoms with van der Waals surface area (Å²) in [4.78, 5) is 11.0. The van der Waals surface area contributed by atoms with Crippen LogP contribution in [-0.2, 0) is 9.84 Å². The lowest BCUT2D eigenvalue weighted by Gasteiger charge is -2.05. The molecule has 2 aromatic rings. The predicted octanol–water partition coefficient (Wildman–Crippen LogP) is 0.341. The summed E-state index contributed by atoms with van der Waals surface area (Å²) >= 11 is 0. The highest BCUT2D eigenvalue weighted by molar-refractivity contribution is 7.91. The molecule has 0 saturated carbocycles. The quantitative estimate of drug-likeness (QED) is 0.820. The van der Waals surface area contributed by atoms with Gasteiger partial charge in [0.2, 0.25) is 15.7 Å². The highest BCUT2D eigenvalue weighted by Crippen LogP contribution is 2.21. The molecule has 0 aliphatic carbocycles. The molecule has 1 amide bonds. The smallest absolute Gasteiger partial charge is 0.250 e. The molecule has 2 rings (SSSR count). The molecule has 0 spiro atoms. The maximum Gasteiger partial charge on any atom is 0.250 e. The second-order valence-electron chi connectivity index (χ2n) is 3.28. The first-order chi connectivity index (χ1) is 8.03. The molecule has 1 aromatic carbocycles. The van der Waals surface area contributed by atoms with Gasteiger partial charge in [-0.2, -0.15) is 5.10 Å². The Balaban J connectivity index is 2.67. The first kappa shape index (κ1) is 11.3. The van der Waals surface area contributed by atoms with Crippen LogP contribution in [0.15, 0.2) is 46.5 Å². The van der Waals surface area contributed by atoms with Gasteiger partial charge >= 0.3 is 0 Å². The number of aromatic amines is 1. The maximum atomic E-state index is 12.1. The van der Waals surface area contributed by atoms with E-state index >= 15 is 0 Å². The van der Waals surface area contributed by atoms with Crippen molar-refractivity contribution < 1.29 is 13.2 Å². The highest BCUT2D eigenvalue weighted by atomic mass is 32.2. The van der Waals surface area contributed by atoms with Crippen LogP contribution >= 0.6 is 0 Å². The summed E-state index contributed by atoms with van der Waals surface area (Å²) in [6.45, 7) is 0. The van der Waals surface area contributed by atoms with E-state index in [1.165, 1.54) is 30.5 Å². The second kappa shape index (κ2) is 4.02. The first-order valence-electron chi connectivity index (χ1n) is 4.67. The van der Waals surface area contributed by atoms with E-state index in [4.69, 9.17) is 5.73 Å². The molecule has 7 heteroatoms.